The Morgan fingerprint density at radius 3 is 2.33 bits per heavy atom. The Morgan fingerprint density at radius 1 is 1.14 bits per heavy atom. The lowest BCUT2D eigenvalue weighted by Gasteiger charge is -2.27. The highest BCUT2D eigenvalue weighted by Crippen LogP contribution is 2.32. The molecule has 1 fully saturated rings. The van der Waals surface area contributed by atoms with Gasteiger partial charge in [0, 0.05) is 11.9 Å². The predicted molar refractivity (Wildman–Crippen MR) is 78.9 cm³/mol. The molecule has 0 amide bonds. The zero-order chi connectivity index (χ0) is 15.8. The van der Waals surface area contributed by atoms with E-state index < -0.39 is 40.9 Å². The van der Waals surface area contributed by atoms with Crippen LogP contribution in [0.1, 0.15) is 25.7 Å². The van der Waals surface area contributed by atoms with E-state index in [-0.39, 0.29) is 12.1 Å². The summed E-state index contributed by atoms with van der Waals surface area (Å²) in [7, 11) is -7.19. The van der Waals surface area contributed by atoms with Gasteiger partial charge in [0.15, 0.2) is 9.84 Å². The highest BCUT2D eigenvalue weighted by molar-refractivity contribution is 7.92. The summed E-state index contributed by atoms with van der Waals surface area (Å²) in [4.78, 5) is -0.407. The lowest BCUT2D eigenvalue weighted by Crippen LogP contribution is -2.35. The zero-order valence-electron chi connectivity index (χ0n) is 11.6. The molecule has 0 saturated heterocycles. The lowest BCUT2D eigenvalue weighted by atomic mass is 10.00. The molecule has 1 aliphatic carbocycles. The van der Waals surface area contributed by atoms with Crippen LogP contribution in [0.2, 0.25) is 0 Å². The standard InChI is InChI=1S/C13H18FNO4S2/c1-20(16,17)10-3-2-4-11(8-10)21(18,19)13-6-5-9(15)7-12(13)14/h5-7,10-11H,2-4,8,15H2,1H3. The molecule has 5 nitrogen and oxygen atoms in total. The van der Waals surface area contributed by atoms with Gasteiger partial charge in [0.2, 0.25) is 0 Å². The number of hydrogen-bond acceptors (Lipinski definition) is 5. The minimum atomic E-state index is -3.90. The molecule has 21 heavy (non-hydrogen) atoms. The number of sulfone groups is 2. The van der Waals surface area contributed by atoms with Crippen molar-refractivity contribution in [1.29, 1.82) is 0 Å². The molecule has 0 bridgehead atoms. The third-order valence-electron chi connectivity index (χ3n) is 3.88. The van der Waals surface area contributed by atoms with Gasteiger partial charge in [-0.2, -0.15) is 0 Å². The minimum absolute atomic E-state index is 0.0188. The van der Waals surface area contributed by atoms with Crippen molar-refractivity contribution in [2.24, 2.45) is 0 Å². The molecule has 0 heterocycles. The number of halogens is 1. The molecule has 118 valence electrons. The van der Waals surface area contributed by atoms with Crippen molar-refractivity contribution < 1.29 is 21.2 Å². The summed E-state index contributed by atoms with van der Waals surface area (Å²) in [6.45, 7) is 0. The number of hydrogen-bond donors (Lipinski definition) is 1. The Bertz CT molecular complexity index is 743. The van der Waals surface area contributed by atoms with Crippen LogP contribution >= 0.6 is 0 Å². The van der Waals surface area contributed by atoms with Crippen molar-refractivity contribution in [3.8, 4) is 0 Å². The van der Waals surface area contributed by atoms with Gasteiger partial charge in [0.1, 0.15) is 20.5 Å². The normalized spacial score (nSPS) is 23.9. The first-order valence-electron chi connectivity index (χ1n) is 6.60. The molecule has 0 radical (unpaired) electrons. The second-order valence-electron chi connectivity index (χ2n) is 5.48. The maximum absolute atomic E-state index is 13.9. The number of nitrogen functional groups attached to an aromatic ring is 1. The first kappa shape index (κ1) is 16.2. The number of anilines is 1. The van der Waals surface area contributed by atoms with Gasteiger partial charge in [0.25, 0.3) is 0 Å². The van der Waals surface area contributed by atoms with Crippen LogP contribution < -0.4 is 5.73 Å². The van der Waals surface area contributed by atoms with E-state index >= 15 is 0 Å². The van der Waals surface area contributed by atoms with Crippen LogP contribution in [0.3, 0.4) is 0 Å². The SMILES string of the molecule is CS(=O)(=O)C1CCCC(S(=O)(=O)c2ccc(N)cc2F)C1. The van der Waals surface area contributed by atoms with Crippen LogP contribution in [0.15, 0.2) is 23.1 Å². The molecular formula is C13H18FNO4S2. The molecule has 0 aliphatic heterocycles. The van der Waals surface area contributed by atoms with Gasteiger partial charge in [-0.1, -0.05) is 6.42 Å². The second kappa shape index (κ2) is 5.57. The van der Waals surface area contributed by atoms with E-state index in [1.54, 1.807) is 0 Å². The Kier molecular flexibility index (Phi) is 4.30. The van der Waals surface area contributed by atoms with Gasteiger partial charge in [0.05, 0.1) is 10.5 Å². The van der Waals surface area contributed by atoms with E-state index in [0.717, 1.165) is 18.4 Å². The Balaban J connectivity index is 2.35. The van der Waals surface area contributed by atoms with Gasteiger partial charge < -0.3 is 5.73 Å². The molecule has 2 atom stereocenters. The van der Waals surface area contributed by atoms with E-state index in [1.165, 1.54) is 6.07 Å². The Morgan fingerprint density at radius 2 is 1.76 bits per heavy atom. The molecule has 2 unspecified atom stereocenters. The zero-order valence-corrected chi connectivity index (χ0v) is 13.3. The molecular weight excluding hydrogens is 317 g/mol. The summed E-state index contributed by atoms with van der Waals surface area (Å²) in [6, 6.07) is 3.43. The molecule has 1 saturated carbocycles. The Hall–Kier alpha value is -1.15. The van der Waals surface area contributed by atoms with E-state index in [9.17, 15) is 21.2 Å². The average Bonchev–Trinajstić information content (AvgIpc) is 2.37. The number of nitrogens with two attached hydrogens (primary N) is 1. The van der Waals surface area contributed by atoms with Crippen molar-refractivity contribution in [2.45, 2.75) is 41.1 Å². The quantitative estimate of drug-likeness (QED) is 0.846. The van der Waals surface area contributed by atoms with Crippen LogP contribution in [0.5, 0.6) is 0 Å². The lowest BCUT2D eigenvalue weighted by molar-refractivity contribution is 0.470. The fraction of sp³-hybridized carbons (Fsp3) is 0.538. The van der Waals surface area contributed by atoms with Gasteiger partial charge in [-0.15, -0.1) is 0 Å². The van der Waals surface area contributed by atoms with Gasteiger partial charge in [-0.05, 0) is 37.5 Å². The number of benzene rings is 1. The van der Waals surface area contributed by atoms with E-state index in [1.807, 2.05) is 0 Å². The molecule has 1 aliphatic rings. The maximum Gasteiger partial charge on any atom is 0.184 e. The first-order chi connectivity index (χ1) is 9.62. The van der Waals surface area contributed by atoms with Crippen LogP contribution in [0.25, 0.3) is 0 Å². The smallest absolute Gasteiger partial charge is 0.184 e. The Labute approximate surface area is 124 Å². The van der Waals surface area contributed by atoms with Crippen LogP contribution in [-0.4, -0.2) is 33.6 Å². The fourth-order valence-electron chi connectivity index (χ4n) is 2.70. The molecule has 1 aromatic carbocycles. The summed E-state index contributed by atoms with van der Waals surface area (Å²) in [5.41, 5.74) is 5.56. The van der Waals surface area contributed by atoms with Gasteiger partial charge in [-0.25, -0.2) is 21.2 Å². The summed E-state index contributed by atoms with van der Waals surface area (Å²) in [5.74, 6) is -0.892. The average molecular weight is 335 g/mol. The largest absolute Gasteiger partial charge is 0.399 e. The number of rotatable bonds is 3. The van der Waals surface area contributed by atoms with E-state index in [0.29, 0.717) is 19.3 Å². The highest BCUT2D eigenvalue weighted by Gasteiger charge is 2.37. The van der Waals surface area contributed by atoms with Crippen LogP contribution in [0.4, 0.5) is 10.1 Å². The molecule has 8 heteroatoms. The van der Waals surface area contributed by atoms with E-state index in [4.69, 9.17) is 5.73 Å². The highest BCUT2D eigenvalue weighted by atomic mass is 32.2. The second-order valence-corrected chi connectivity index (χ2v) is 10.00. The third kappa shape index (κ3) is 3.37. The van der Waals surface area contributed by atoms with Crippen molar-refractivity contribution >= 4 is 25.4 Å². The van der Waals surface area contributed by atoms with Gasteiger partial charge >= 0.3 is 0 Å². The van der Waals surface area contributed by atoms with Crippen LogP contribution in [-0.2, 0) is 19.7 Å². The van der Waals surface area contributed by atoms with Crippen molar-refractivity contribution in [3.63, 3.8) is 0 Å². The van der Waals surface area contributed by atoms with Gasteiger partial charge in [-0.3, -0.25) is 0 Å². The molecule has 2 rings (SSSR count). The minimum Gasteiger partial charge on any atom is -0.399 e. The first-order valence-corrected chi connectivity index (χ1v) is 10.1. The third-order valence-corrected chi connectivity index (χ3v) is 7.77. The van der Waals surface area contributed by atoms with Crippen molar-refractivity contribution in [2.75, 3.05) is 12.0 Å². The molecule has 1 aromatic rings. The summed E-state index contributed by atoms with van der Waals surface area (Å²) in [5, 5.41) is -1.55. The summed E-state index contributed by atoms with van der Waals surface area (Å²) < 4.78 is 62.1. The fourth-order valence-corrected chi connectivity index (χ4v) is 5.91. The summed E-state index contributed by atoms with van der Waals surface area (Å²) >= 11 is 0. The monoisotopic (exact) mass is 335 g/mol. The van der Waals surface area contributed by atoms with E-state index in [2.05, 4.69) is 0 Å². The summed E-state index contributed by atoms with van der Waals surface area (Å²) in [6.07, 6.45) is 2.42. The molecule has 0 spiro atoms. The van der Waals surface area contributed by atoms with Crippen molar-refractivity contribution in [3.05, 3.63) is 24.0 Å². The van der Waals surface area contributed by atoms with Crippen molar-refractivity contribution in [1.82, 2.24) is 0 Å². The predicted octanol–water partition coefficient (Wildman–Crippen LogP) is 1.54. The molecule has 0 aromatic heterocycles. The topological polar surface area (TPSA) is 94.3 Å². The molecule has 2 N–H and O–H groups in total. The van der Waals surface area contributed by atoms with Crippen LogP contribution in [0, 0.1) is 5.82 Å². The maximum atomic E-state index is 13.9.